The summed E-state index contributed by atoms with van der Waals surface area (Å²) < 4.78 is 1.10. The van der Waals surface area contributed by atoms with Crippen LogP contribution in [-0.2, 0) is 0 Å². The number of carbonyl (C=O) groups is 1. The Morgan fingerprint density at radius 2 is 1.80 bits per heavy atom. The number of carbonyl (C=O) groups excluding carboxylic acids is 1. The van der Waals surface area contributed by atoms with Gasteiger partial charge >= 0.3 is 0 Å². The van der Waals surface area contributed by atoms with Gasteiger partial charge in [-0.3, -0.25) is 4.79 Å². The first-order valence-electron chi connectivity index (χ1n) is 9.73. The van der Waals surface area contributed by atoms with Crippen LogP contribution < -0.4 is 10.2 Å². The van der Waals surface area contributed by atoms with Crippen molar-refractivity contribution in [2.24, 2.45) is 0 Å². The maximum atomic E-state index is 13.0. The van der Waals surface area contributed by atoms with Crippen molar-refractivity contribution in [2.45, 2.75) is 12.8 Å². The van der Waals surface area contributed by atoms with Crippen molar-refractivity contribution in [1.82, 2.24) is 15.0 Å². The molecular weight excluding hydrogens is 418 g/mol. The van der Waals surface area contributed by atoms with Crippen LogP contribution in [0.4, 0.5) is 11.6 Å². The number of thiazole rings is 1. The predicted octanol–water partition coefficient (Wildman–Crippen LogP) is 5.26. The molecular formula is C22H18ClN5OS. The van der Waals surface area contributed by atoms with Gasteiger partial charge in [-0.25, -0.2) is 15.0 Å². The Hall–Kier alpha value is -3.03. The standard InChI is InChI=1S/C22H18ClN5OS/c23-15-13-24-22(28-11-5-6-12-28)27-19(15)20(29)25-16-8-2-1-7-14(16)21-26-17-9-3-4-10-18(17)30-21/h1-4,7-10,13H,5-6,11-12H2,(H,25,29). The van der Waals surface area contributed by atoms with Gasteiger partial charge in [0.15, 0.2) is 5.69 Å². The molecule has 30 heavy (non-hydrogen) atoms. The quantitative estimate of drug-likeness (QED) is 0.473. The van der Waals surface area contributed by atoms with Gasteiger partial charge in [-0.15, -0.1) is 11.3 Å². The minimum absolute atomic E-state index is 0.174. The van der Waals surface area contributed by atoms with E-state index in [4.69, 9.17) is 16.6 Å². The SMILES string of the molecule is O=C(Nc1ccccc1-c1nc2ccccc2s1)c1nc(N2CCCC2)ncc1Cl. The number of amides is 1. The molecule has 2 aromatic carbocycles. The molecule has 1 fully saturated rings. The summed E-state index contributed by atoms with van der Waals surface area (Å²) in [5, 5.41) is 4.04. The van der Waals surface area contributed by atoms with Crippen molar-refractivity contribution in [3.8, 4) is 10.6 Å². The molecule has 1 aliphatic rings. The van der Waals surface area contributed by atoms with Crippen LogP contribution in [0.1, 0.15) is 23.3 Å². The summed E-state index contributed by atoms with van der Waals surface area (Å²) in [6.07, 6.45) is 3.70. The van der Waals surface area contributed by atoms with Crippen LogP contribution in [0.3, 0.4) is 0 Å². The highest BCUT2D eigenvalue weighted by Gasteiger charge is 2.21. The Morgan fingerprint density at radius 3 is 2.63 bits per heavy atom. The van der Waals surface area contributed by atoms with Crippen molar-refractivity contribution in [1.29, 1.82) is 0 Å². The van der Waals surface area contributed by atoms with Gasteiger partial charge in [-0.2, -0.15) is 0 Å². The summed E-state index contributed by atoms with van der Waals surface area (Å²) >= 11 is 7.85. The van der Waals surface area contributed by atoms with E-state index in [-0.39, 0.29) is 16.6 Å². The number of halogens is 1. The van der Waals surface area contributed by atoms with Gasteiger partial charge in [0, 0.05) is 18.7 Å². The van der Waals surface area contributed by atoms with E-state index in [2.05, 4.69) is 20.2 Å². The molecule has 3 heterocycles. The first-order valence-corrected chi connectivity index (χ1v) is 10.9. The zero-order chi connectivity index (χ0) is 20.5. The lowest BCUT2D eigenvalue weighted by molar-refractivity contribution is 0.102. The fraction of sp³-hybridized carbons (Fsp3) is 0.182. The largest absolute Gasteiger partial charge is 0.341 e. The van der Waals surface area contributed by atoms with E-state index in [0.29, 0.717) is 11.6 Å². The zero-order valence-corrected chi connectivity index (χ0v) is 17.6. The highest BCUT2D eigenvalue weighted by molar-refractivity contribution is 7.21. The summed E-state index contributed by atoms with van der Waals surface area (Å²) in [5.74, 6) is 0.179. The number of nitrogens with one attached hydrogen (secondary N) is 1. The predicted molar refractivity (Wildman–Crippen MR) is 121 cm³/mol. The molecule has 1 amide bonds. The van der Waals surface area contributed by atoms with Crippen LogP contribution in [-0.4, -0.2) is 33.9 Å². The summed E-state index contributed by atoms with van der Waals surface area (Å²) in [4.78, 5) is 28.6. The van der Waals surface area contributed by atoms with Gasteiger partial charge in [0.2, 0.25) is 5.95 Å². The lowest BCUT2D eigenvalue weighted by atomic mass is 10.2. The van der Waals surface area contributed by atoms with Crippen LogP contribution in [0.2, 0.25) is 5.02 Å². The van der Waals surface area contributed by atoms with E-state index in [0.717, 1.165) is 46.7 Å². The maximum absolute atomic E-state index is 13.0. The van der Waals surface area contributed by atoms with Crippen LogP contribution in [0, 0.1) is 0 Å². The van der Waals surface area contributed by atoms with E-state index in [1.54, 1.807) is 11.3 Å². The summed E-state index contributed by atoms with van der Waals surface area (Å²) in [6, 6.07) is 15.6. The molecule has 6 nitrogen and oxygen atoms in total. The molecule has 4 aromatic rings. The number of nitrogens with zero attached hydrogens (tertiary/aromatic N) is 4. The number of anilines is 2. The Labute approximate surface area is 182 Å². The van der Waals surface area contributed by atoms with Crippen molar-refractivity contribution in [3.63, 3.8) is 0 Å². The molecule has 2 aromatic heterocycles. The molecule has 150 valence electrons. The van der Waals surface area contributed by atoms with Gasteiger partial charge in [0.25, 0.3) is 5.91 Å². The molecule has 1 aliphatic heterocycles. The number of aromatic nitrogens is 3. The molecule has 0 spiro atoms. The maximum Gasteiger partial charge on any atom is 0.276 e. The van der Waals surface area contributed by atoms with Crippen LogP contribution in [0.25, 0.3) is 20.8 Å². The van der Waals surface area contributed by atoms with Crippen LogP contribution >= 0.6 is 22.9 Å². The van der Waals surface area contributed by atoms with Gasteiger partial charge in [-0.1, -0.05) is 35.9 Å². The fourth-order valence-corrected chi connectivity index (χ4v) is 4.72. The fourth-order valence-electron chi connectivity index (χ4n) is 3.53. The van der Waals surface area contributed by atoms with Crippen molar-refractivity contribution >= 4 is 50.7 Å². The summed E-state index contributed by atoms with van der Waals surface area (Å²) in [6.45, 7) is 1.78. The van der Waals surface area contributed by atoms with E-state index in [9.17, 15) is 4.79 Å². The first kappa shape index (κ1) is 19.0. The molecule has 0 radical (unpaired) electrons. The highest BCUT2D eigenvalue weighted by Crippen LogP contribution is 2.34. The van der Waals surface area contributed by atoms with Gasteiger partial charge < -0.3 is 10.2 Å². The third kappa shape index (κ3) is 3.62. The minimum atomic E-state index is -0.364. The first-order chi connectivity index (χ1) is 14.7. The Morgan fingerprint density at radius 1 is 1.03 bits per heavy atom. The molecule has 5 rings (SSSR count). The Balaban J connectivity index is 1.46. The smallest absolute Gasteiger partial charge is 0.276 e. The highest BCUT2D eigenvalue weighted by atomic mass is 35.5. The number of hydrogen-bond acceptors (Lipinski definition) is 6. The summed E-state index contributed by atoms with van der Waals surface area (Å²) in [7, 11) is 0. The molecule has 1 saturated heterocycles. The van der Waals surface area contributed by atoms with Crippen LogP contribution in [0.15, 0.2) is 54.7 Å². The number of hydrogen-bond donors (Lipinski definition) is 1. The Bertz CT molecular complexity index is 1200. The molecule has 0 aliphatic carbocycles. The molecule has 8 heteroatoms. The van der Waals surface area contributed by atoms with Crippen molar-refractivity contribution in [2.75, 3.05) is 23.3 Å². The molecule has 0 bridgehead atoms. The van der Waals surface area contributed by atoms with Crippen molar-refractivity contribution in [3.05, 3.63) is 65.4 Å². The Kier molecular flexibility index (Phi) is 5.06. The minimum Gasteiger partial charge on any atom is -0.341 e. The van der Waals surface area contributed by atoms with E-state index < -0.39 is 0 Å². The second-order valence-corrected chi connectivity index (χ2v) is 8.49. The normalized spacial score (nSPS) is 13.7. The van der Waals surface area contributed by atoms with Crippen LogP contribution in [0.5, 0.6) is 0 Å². The lowest BCUT2D eigenvalue weighted by Crippen LogP contribution is -2.23. The van der Waals surface area contributed by atoms with E-state index in [1.165, 1.54) is 6.20 Å². The molecule has 0 saturated carbocycles. The third-order valence-electron chi connectivity index (χ3n) is 5.03. The lowest BCUT2D eigenvalue weighted by Gasteiger charge is -2.16. The van der Waals surface area contributed by atoms with Gasteiger partial charge in [0.1, 0.15) is 5.01 Å². The van der Waals surface area contributed by atoms with E-state index >= 15 is 0 Å². The second kappa shape index (κ2) is 8.01. The van der Waals surface area contributed by atoms with Gasteiger partial charge in [0.05, 0.1) is 27.1 Å². The number of fused-ring (bicyclic) bond motifs is 1. The monoisotopic (exact) mass is 435 g/mol. The summed E-state index contributed by atoms with van der Waals surface area (Å²) in [5.41, 5.74) is 2.64. The number of benzene rings is 2. The van der Waals surface area contributed by atoms with E-state index in [1.807, 2.05) is 48.5 Å². The zero-order valence-electron chi connectivity index (χ0n) is 16.0. The number of rotatable bonds is 4. The average Bonchev–Trinajstić information content (AvgIpc) is 3.44. The third-order valence-corrected chi connectivity index (χ3v) is 6.38. The average molecular weight is 436 g/mol. The number of para-hydroxylation sites is 2. The molecule has 0 unspecified atom stereocenters. The van der Waals surface area contributed by atoms with Crippen molar-refractivity contribution < 1.29 is 4.79 Å². The molecule has 1 N–H and O–H groups in total. The second-order valence-electron chi connectivity index (χ2n) is 7.05. The topological polar surface area (TPSA) is 71.0 Å². The molecule has 0 atom stereocenters. The van der Waals surface area contributed by atoms with Gasteiger partial charge in [-0.05, 0) is 37.1 Å².